The van der Waals surface area contributed by atoms with Crippen molar-refractivity contribution in [1.82, 2.24) is 5.32 Å². The van der Waals surface area contributed by atoms with Crippen LogP contribution in [0.2, 0.25) is 0 Å². The van der Waals surface area contributed by atoms with Crippen molar-refractivity contribution >= 4 is 0 Å². The van der Waals surface area contributed by atoms with Crippen molar-refractivity contribution in [2.75, 3.05) is 7.05 Å². The molecule has 0 aliphatic heterocycles. The Bertz CT molecular complexity index is 165. The Kier molecular flexibility index (Phi) is 2.92. The Hall–Kier alpha value is -0.0400. The van der Waals surface area contributed by atoms with Crippen LogP contribution in [0, 0.1) is 17.8 Å². The molecule has 2 aliphatic rings. The molecule has 2 aliphatic carbocycles. The minimum Gasteiger partial charge on any atom is -0.317 e. The van der Waals surface area contributed by atoms with Crippen molar-refractivity contribution in [2.24, 2.45) is 17.8 Å². The molecule has 2 saturated carbocycles. The van der Waals surface area contributed by atoms with E-state index in [-0.39, 0.29) is 0 Å². The molecule has 4 unspecified atom stereocenters. The van der Waals surface area contributed by atoms with Gasteiger partial charge in [-0.3, -0.25) is 0 Å². The van der Waals surface area contributed by atoms with E-state index in [0.717, 1.165) is 23.8 Å². The van der Waals surface area contributed by atoms with E-state index in [4.69, 9.17) is 0 Å². The van der Waals surface area contributed by atoms with E-state index in [1.165, 1.54) is 38.5 Å². The summed E-state index contributed by atoms with van der Waals surface area (Å²) in [5, 5.41) is 3.45. The molecule has 0 bridgehead atoms. The van der Waals surface area contributed by atoms with Crippen LogP contribution in [0.5, 0.6) is 0 Å². The average molecular weight is 181 g/mol. The van der Waals surface area contributed by atoms with Gasteiger partial charge in [0.2, 0.25) is 0 Å². The lowest BCUT2D eigenvalue weighted by Crippen LogP contribution is -2.21. The van der Waals surface area contributed by atoms with Gasteiger partial charge in [-0.15, -0.1) is 0 Å². The SMILES string of the molecule is CCC1CCC2CC(NC)CC2C1. The van der Waals surface area contributed by atoms with Gasteiger partial charge in [0.1, 0.15) is 0 Å². The van der Waals surface area contributed by atoms with E-state index in [2.05, 4.69) is 19.3 Å². The predicted molar refractivity (Wildman–Crippen MR) is 56.7 cm³/mol. The van der Waals surface area contributed by atoms with E-state index >= 15 is 0 Å². The zero-order valence-corrected chi connectivity index (χ0v) is 9.05. The number of hydrogen-bond acceptors (Lipinski definition) is 1. The van der Waals surface area contributed by atoms with Crippen LogP contribution < -0.4 is 5.32 Å². The fourth-order valence-electron chi connectivity index (χ4n) is 3.46. The molecule has 0 aromatic carbocycles. The zero-order valence-electron chi connectivity index (χ0n) is 9.05. The van der Waals surface area contributed by atoms with Crippen LogP contribution in [0.25, 0.3) is 0 Å². The largest absolute Gasteiger partial charge is 0.317 e. The Morgan fingerprint density at radius 2 is 1.85 bits per heavy atom. The second-order valence-electron chi connectivity index (χ2n) is 5.06. The fraction of sp³-hybridized carbons (Fsp3) is 1.00. The molecule has 1 N–H and O–H groups in total. The third-order valence-electron chi connectivity index (χ3n) is 4.41. The Morgan fingerprint density at radius 1 is 1.08 bits per heavy atom. The normalized spacial score (nSPS) is 44.8. The summed E-state index contributed by atoms with van der Waals surface area (Å²) in [5.74, 6) is 3.19. The molecule has 0 heterocycles. The molecule has 2 rings (SSSR count). The third kappa shape index (κ3) is 1.90. The molecular weight excluding hydrogens is 158 g/mol. The minimum atomic E-state index is 0.839. The molecular formula is C12H23N. The van der Waals surface area contributed by atoms with E-state index < -0.39 is 0 Å². The first kappa shape index (κ1) is 9.51. The molecule has 0 spiro atoms. The third-order valence-corrected chi connectivity index (χ3v) is 4.41. The van der Waals surface area contributed by atoms with Crippen LogP contribution >= 0.6 is 0 Å². The maximum atomic E-state index is 3.45. The van der Waals surface area contributed by atoms with Crippen molar-refractivity contribution in [3.05, 3.63) is 0 Å². The number of rotatable bonds is 2. The lowest BCUT2D eigenvalue weighted by Gasteiger charge is -2.30. The van der Waals surface area contributed by atoms with Crippen LogP contribution in [0.3, 0.4) is 0 Å². The minimum absolute atomic E-state index is 0.839. The van der Waals surface area contributed by atoms with Gasteiger partial charge in [-0.1, -0.05) is 19.8 Å². The first-order valence-electron chi connectivity index (χ1n) is 6.00. The number of hydrogen-bond donors (Lipinski definition) is 1. The number of nitrogens with one attached hydrogen (secondary N) is 1. The zero-order chi connectivity index (χ0) is 9.26. The highest BCUT2D eigenvalue weighted by Crippen LogP contribution is 2.44. The molecule has 4 atom stereocenters. The lowest BCUT2D eigenvalue weighted by atomic mass is 9.75. The van der Waals surface area contributed by atoms with Crippen LogP contribution in [0.4, 0.5) is 0 Å². The van der Waals surface area contributed by atoms with Gasteiger partial charge in [0.05, 0.1) is 0 Å². The van der Waals surface area contributed by atoms with Crippen LogP contribution in [-0.4, -0.2) is 13.1 Å². The van der Waals surface area contributed by atoms with Gasteiger partial charge >= 0.3 is 0 Å². The van der Waals surface area contributed by atoms with Crippen molar-refractivity contribution in [1.29, 1.82) is 0 Å². The first-order valence-corrected chi connectivity index (χ1v) is 6.00. The quantitative estimate of drug-likeness (QED) is 0.690. The summed E-state index contributed by atoms with van der Waals surface area (Å²) in [6.07, 6.45) is 8.87. The van der Waals surface area contributed by atoms with Crippen molar-refractivity contribution in [2.45, 2.75) is 51.5 Å². The van der Waals surface area contributed by atoms with E-state index in [9.17, 15) is 0 Å². The van der Waals surface area contributed by atoms with Gasteiger partial charge in [-0.2, -0.15) is 0 Å². The summed E-state index contributed by atoms with van der Waals surface area (Å²) in [5.41, 5.74) is 0. The Morgan fingerprint density at radius 3 is 2.54 bits per heavy atom. The first-order chi connectivity index (χ1) is 6.33. The second-order valence-corrected chi connectivity index (χ2v) is 5.06. The van der Waals surface area contributed by atoms with Gasteiger partial charge in [0.15, 0.2) is 0 Å². The van der Waals surface area contributed by atoms with E-state index in [0.29, 0.717) is 0 Å². The highest BCUT2D eigenvalue weighted by Gasteiger charge is 2.37. The van der Waals surface area contributed by atoms with Crippen LogP contribution in [-0.2, 0) is 0 Å². The summed E-state index contributed by atoms with van der Waals surface area (Å²) in [6, 6.07) is 0.839. The summed E-state index contributed by atoms with van der Waals surface area (Å²) in [4.78, 5) is 0. The highest BCUT2D eigenvalue weighted by atomic mass is 14.9. The maximum Gasteiger partial charge on any atom is 0.00695 e. The standard InChI is InChI=1S/C12H23N/c1-3-9-4-5-10-7-12(13-2)8-11(10)6-9/h9-13H,3-8H2,1-2H3. The van der Waals surface area contributed by atoms with Gasteiger partial charge in [0, 0.05) is 6.04 Å². The molecule has 1 nitrogen and oxygen atoms in total. The predicted octanol–water partition coefficient (Wildman–Crippen LogP) is 2.81. The molecule has 2 fully saturated rings. The summed E-state index contributed by atoms with van der Waals surface area (Å²) in [6.45, 7) is 2.36. The molecule has 0 aromatic heterocycles. The summed E-state index contributed by atoms with van der Waals surface area (Å²) < 4.78 is 0. The Balaban J connectivity index is 1.90. The molecule has 76 valence electrons. The van der Waals surface area contributed by atoms with Crippen molar-refractivity contribution in [3.8, 4) is 0 Å². The lowest BCUT2D eigenvalue weighted by molar-refractivity contribution is 0.204. The maximum absolute atomic E-state index is 3.45. The van der Waals surface area contributed by atoms with Gasteiger partial charge in [-0.25, -0.2) is 0 Å². The highest BCUT2D eigenvalue weighted by molar-refractivity contribution is 4.90. The number of fused-ring (bicyclic) bond motifs is 1. The summed E-state index contributed by atoms with van der Waals surface area (Å²) in [7, 11) is 2.12. The summed E-state index contributed by atoms with van der Waals surface area (Å²) >= 11 is 0. The molecule has 0 aromatic rings. The van der Waals surface area contributed by atoms with E-state index in [1.54, 1.807) is 0 Å². The smallest absolute Gasteiger partial charge is 0.00695 e. The molecule has 0 amide bonds. The monoisotopic (exact) mass is 181 g/mol. The van der Waals surface area contributed by atoms with Crippen LogP contribution in [0.15, 0.2) is 0 Å². The van der Waals surface area contributed by atoms with Crippen molar-refractivity contribution < 1.29 is 0 Å². The molecule has 0 saturated heterocycles. The van der Waals surface area contributed by atoms with Gasteiger partial charge < -0.3 is 5.32 Å². The topological polar surface area (TPSA) is 12.0 Å². The average Bonchev–Trinajstić information content (AvgIpc) is 2.58. The molecule has 13 heavy (non-hydrogen) atoms. The van der Waals surface area contributed by atoms with Crippen LogP contribution in [0.1, 0.15) is 45.4 Å². The molecule has 0 radical (unpaired) electrons. The molecule has 1 heteroatoms. The Labute approximate surface area is 82.3 Å². The van der Waals surface area contributed by atoms with Gasteiger partial charge in [0.25, 0.3) is 0 Å². The fourth-order valence-corrected chi connectivity index (χ4v) is 3.46. The van der Waals surface area contributed by atoms with E-state index in [1.807, 2.05) is 0 Å². The van der Waals surface area contributed by atoms with Gasteiger partial charge in [-0.05, 0) is 50.5 Å². The van der Waals surface area contributed by atoms with Crippen molar-refractivity contribution in [3.63, 3.8) is 0 Å². The second kappa shape index (κ2) is 4.00.